The van der Waals surface area contributed by atoms with Crippen LogP contribution in [0.1, 0.15) is 21.6 Å². The molecule has 5 heteroatoms. The highest BCUT2D eigenvalue weighted by Gasteiger charge is 2.14. The molecule has 1 heterocycles. The van der Waals surface area contributed by atoms with Crippen LogP contribution in [0.25, 0.3) is 10.6 Å². The monoisotopic (exact) mass is 338 g/mol. The first-order valence-corrected chi connectivity index (χ1v) is 8.43. The number of anilines is 1. The van der Waals surface area contributed by atoms with Crippen molar-refractivity contribution >= 4 is 22.9 Å². The molecule has 122 valence electrons. The molecule has 0 aliphatic heterocycles. The Kier molecular flexibility index (Phi) is 4.62. The third-order valence-electron chi connectivity index (χ3n) is 3.64. The third-order valence-corrected chi connectivity index (χ3v) is 4.53. The van der Waals surface area contributed by atoms with Crippen molar-refractivity contribution in [2.75, 3.05) is 12.4 Å². The summed E-state index contributed by atoms with van der Waals surface area (Å²) in [5.41, 5.74) is 4.30. The second-order valence-electron chi connectivity index (χ2n) is 5.56. The largest absolute Gasteiger partial charge is 0.495 e. The van der Waals surface area contributed by atoms with E-state index in [1.165, 1.54) is 16.9 Å². The first-order chi connectivity index (χ1) is 11.6. The van der Waals surface area contributed by atoms with Gasteiger partial charge < -0.3 is 10.1 Å². The van der Waals surface area contributed by atoms with Gasteiger partial charge in [-0.2, -0.15) is 0 Å². The minimum Gasteiger partial charge on any atom is -0.495 e. The van der Waals surface area contributed by atoms with E-state index in [4.69, 9.17) is 4.74 Å². The molecule has 0 saturated carbocycles. The number of benzene rings is 2. The lowest BCUT2D eigenvalue weighted by molar-refractivity contribution is 0.102. The van der Waals surface area contributed by atoms with E-state index >= 15 is 0 Å². The molecule has 0 bridgehead atoms. The molecule has 0 atom stereocenters. The minimum atomic E-state index is -0.242. The maximum Gasteiger partial charge on any atom is 0.275 e. The number of amides is 1. The maximum absolute atomic E-state index is 12.5. The van der Waals surface area contributed by atoms with Gasteiger partial charge in [-0.25, -0.2) is 4.98 Å². The summed E-state index contributed by atoms with van der Waals surface area (Å²) in [6.07, 6.45) is 0. The number of thiazole rings is 1. The van der Waals surface area contributed by atoms with Crippen LogP contribution < -0.4 is 10.1 Å². The summed E-state index contributed by atoms with van der Waals surface area (Å²) in [5.74, 6) is 0.386. The summed E-state index contributed by atoms with van der Waals surface area (Å²) < 4.78 is 5.29. The molecule has 24 heavy (non-hydrogen) atoms. The van der Waals surface area contributed by atoms with Gasteiger partial charge >= 0.3 is 0 Å². The van der Waals surface area contributed by atoms with Gasteiger partial charge in [0, 0.05) is 10.9 Å². The fourth-order valence-corrected chi connectivity index (χ4v) is 3.12. The molecule has 0 aliphatic rings. The maximum atomic E-state index is 12.5. The Labute approximate surface area is 145 Å². The van der Waals surface area contributed by atoms with Crippen molar-refractivity contribution < 1.29 is 9.53 Å². The van der Waals surface area contributed by atoms with Crippen molar-refractivity contribution in [3.63, 3.8) is 0 Å². The average molecular weight is 338 g/mol. The number of carbonyl (C=O) groups is 1. The zero-order chi connectivity index (χ0) is 17.1. The number of hydrogen-bond acceptors (Lipinski definition) is 4. The van der Waals surface area contributed by atoms with Crippen molar-refractivity contribution in [1.82, 2.24) is 4.98 Å². The van der Waals surface area contributed by atoms with Crippen LogP contribution in [0.3, 0.4) is 0 Å². The molecule has 0 saturated heterocycles. The second kappa shape index (κ2) is 6.84. The summed E-state index contributed by atoms with van der Waals surface area (Å²) in [7, 11) is 1.58. The third kappa shape index (κ3) is 3.46. The van der Waals surface area contributed by atoms with Crippen molar-refractivity contribution in [2.24, 2.45) is 0 Å². The lowest BCUT2D eigenvalue weighted by Crippen LogP contribution is -2.13. The second-order valence-corrected chi connectivity index (χ2v) is 6.42. The van der Waals surface area contributed by atoms with E-state index in [9.17, 15) is 4.79 Å². The number of hydrogen-bond donors (Lipinski definition) is 1. The summed E-state index contributed by atoms with van der Waals surface area (Å²) in [5, 5.41) is 5.47. The van der Waals surface area contributed by atoms with Crippen LogP contribution >= 0.6 is 11.3 Å². The number of aryl methyl sites for hydroxylation is 2. The van der Waals surface area contributed by atoms with Gasteiger partial charge in [0.1, 0.15) is 16.5 Å². The van der Waals surface area contributed by atoms with Crippen LogP contribution in [0.4, 0.5) is 5.69 Å². The highest BCUT2D eigenvalue weighted by atomic mass is 32.1. The molecule has 3 rings (SSSR count). The number of rotatable bonds is 4. The van der Waals surface area contributed by atoms with E-state index in [0.717, 1.165) is 16.1 Å². The zero-order valence-electron chi connectivity index (χ0n) is 13.8. The van der Waals surface area contributed by atoms with E-state index in [-0.39, 0.29) is 5.91 Å². The molecule has 0 fully saturated rings. The van der Waals surface area contributed by atoms with Gasteiger partial charge in [0.2, 0.25) is 0 Å². The molecular weight excluding hydrogens is 320 g/mol. The first-order valence-electron chi connectivity index (χ1n) is 7.55. The average Bonchev–Trinajstić information content (AvgIpc) is 3.06. The molecule has 1 N–H and O–H groups in total. The Morgan fingerprint density at radius 2 is 1.79 bits per heavy atom. The van der Waals surface area contributed by atoms with Crippen molar-refractivity contribution in [2.45, 2.75) is 13.8 Å². The van der Waals surface area contributed by atoms with Crippen molar-refractivity contribution in [3.8, 4) is 16.3 Å². The van der Waals surface area contributed by atoms with Crippen LogP contribution in [0.15, 0.2) is 47.8 Å². The van der Waals surface area contributed by atoms with E-state index in [1.54, 1.807) is 12.5 Å². The van der Waals surface area contributed by atoms with Gasteiger partial charge in [-0.1, -0.05) is 35.9 Å². The minimum absolute atomic E-state index is 0.242. The van der Waals surface area contributed by atoms with Crippen molar-refractivity contribution in [3.05, 3.63) is 64.7 Å². The smallest absolute Gasteiger partial charge is 0.275 e. The molecular formula is C19H18N2O2S. The normalized spacial score (nSPS) is 10.5. The molecule has 1 aromatic heterocycles. The number of methoxy groups -OCH3 is 1. The van der Waals surface area contributed by atoms with E-state index < -0.39 is 0 Å². The number of aromatic nitrogens is 1. The summed E-state index contributed by atoms with van der Waals surface area (Å²) >= 11 is 1.46. The van der Waals surface area contributed by atoms with Gasteiger partial charge in [0.25, 0.3) is 5.91 Å². The molecule has 0 radical (unpaired) electrons. The van der Waals surface area contributed by atoms with E-state index in [0.29, 0.717) is 17.1 Å². The van der Waals surface area contributed by atoms with E-state index in [2.05, 4.69) is 10.3 Å². The Morgan fingerprint density at radius 1 is 1.08 bits per heavy atom. The quantitative estimate of drug-likeness (QED) is 0.751. The Balaban J connectivity index is 1.81. The summed E-state index contributed by atoms with van der Waals surface area (Å²) in [6.45, 7) is 4.01. The van der Waals surface area contributed by atoms with Crippen molar-refractivity contribution in [1.29, 1.82) is 0 Å². The van der Waals surface area contributed by atoms with Gasteiger partial charge in [-0.3, -0.25) is 4.79 Å². The predicted molar refractivity (Wildman–Crippen MR) is 98.0 cm³/mol. The highest BCUT2D eigenvalue weighted by molar-refractivity contribution is 7.13. The number of nitrogens with zero attached hydrogens (tertiary/aromatic N) is 1. The Hall–Kier alpha value is -2.66. The molecule has 0 spiro atoms. The number of ether oxygens (including phenoxy) is 1. The molecule has 0 aliphatic carbocycles. The van der Waals surface area contributed by atoms with Gasteiger partial charge in [-0.15, -0.1) is 11.3 Å². The first kappa shape index (κ1) is 16.2. The predicted octanol–water partition coefficient (Wildman–Crippen LogP) is 4.69. The lowest BCUT2D eigenvalue weighted by Gasteiger charge is -2.10. The zero-order valence-corrected chi connectivity index (χ0v) is 14.6. The highest BCUT2D eigenvalue weighted by Crippen LogP contribution is 2.27. The van der Waals surface area contributed by atoms with Gasteiger partial charge in [-0.05, 0) is 31.5 Å². The van der Waals surface area contributed by atoms with Crippen LogP contribution in [0.2, 0.25) is 0 Å². The molecule has 0 unspecified atom stereocenters. The van der Waals surface area contributed by atoms with Gasteiger partial charge in [0.15, 0.2) is 0 Å². The molecule has 1 amide bonds. The summed E-state index contributed by atoms with van der Waals surface area (Å²) in [4.78, 5) is 16.9. The standard InChI is InChI=1S/C19H18N2O2S/c1-12-4-7-14(8-5-12)19-21-16(11-24-19)18(22)20-15-10-13(2)6-9-17(15)23-3/h4-11H,1-3H3,(H,20,22). The number of carbonyl (C=O) groups excluding carboxylic acids is 1. The molecule has 3 aromatic rings. The fourth-order valence-electron chi connectivity index (χ4n) is 2.31. The SMILES string of the molecule is COc1ccc(C)cc1NC(=O)c1csc(-c2ccc(C)cc2)n1. The molecule has 2 aromatic carbocycles. The Morgan fingerprint density at radius 3 is 2.50 bits per heavy atom. The molecule has 4 nitrogen and oxygen atoms in total. The Bertz CT molecular complexity index is 869. The van der Waals surface area contributed by atoms with E-state index in [1.807, 2.05) is 56.3 Å². The fraction of sp³-hybridized carbons (Fsp3) is 0.158. The van der Waals surface area contributed by atoms with Crippen LogP contribution in [-0.2, 0) is 0 Å². The van der Waals surface area contributed by atoms with Crippen LogP contribution in [-0.4, -0.2) is 18.0 Å². The van der Waals surface area contributed by atoms with Crippen LogP contribution in [0, 0.1) is 13.8 Å². The topological polar surface area (TPSA) is 51.2 Å². The summed E-state index contributed by atoms with van der Waals surface area (Å²) in [6, 6.07) is 13.8. The number of nitrogens with one attached hydrogen (secondary N) is 1. The lowest BCUT2D eigenvalue weighted by atomic mass is 10.2. The van der Waals surface area contributed by atoms with Crippen LogP contribution in [0.5, 0.6) is 5.75 Å². The van der Waals surface area contributed by atoms with Gasteiger partial charge in [0.05, 0.1) is 12.8 Å².